The molecular weight excluding hydrogens is 506 g/mol. The molecule has 2 aromatic rings. The van der Waals surface area contributed by atoms with Crippen LogP contribution in [0.15, 0.2) is 58.1 Å². The van der Waals surface area contributed by atoms with Crippen molar-refractivity contribution in [1.82, 2.24) is 10.7 Å². The molecule has 2 amide bonds. The van der Waals surface area contributed by atoms with Crippen molar-refractivity contribution in [2.45, 2.75) is 77.7 Å². The summed E-state index contributed by atoms with van der Waals surface area (Å²) in [6.07, 6.45) is 12.9. The third-order valence-corrected chi connectivity index (χ3v) is 6.10. The van der Waals surface area contributed by atoms with Crippen LogP contribution in [0.25, 0.3) is 0 Å². The Morgan fingerprint density at radius 1 is 0.886 bits per heavy atom. The van der Waals surface area contributed by atoms with Gasteiger partial charge in [0.1, 0.15) is 12.4 Å². The minimum absolute atomic E-state index is 0.0880. The van der Waals surface area contributed by atoms with Gasteiger partial charge in [-0.25, -0.2) is 5.43 Å². The van der Waals surface area contributed by atoms with E-state index in [9.17, 15) is 9.59 Å². The Hall–Kier alpha value is -2.67. The minimum Gasteiger partial charge on any atom is -0.488 e. The number of carbonyl (C=O) groups excluding carboxylic acids is 2. The number of ether oxygens (including phenoxy) is 1. The summed E-state index contributed by atoms with van der Waals surface area (Å²) in [7, 11) is 0. The normalized spacial score (nSPS) is 10.9. The van der Waals surface area contributed by atoms with Gasteiger partial charge in [0, 0.05) is 16.5 Å². The molecule has 190 valence electrons. The molecule has 0 spiro atoms. The number of nitrogens with zero attached hydrogens (tertiary/aromatic N) is 1. The largest absolute Gasteiger partial charge is 0.488 e. The van der Waals surface area contributed by atoms with Crippen LogP contribution in [0.4, 0.5) is 0 Å². The van der Waals surface area contributed by atoms with E-state index in [1.165, 1.54) is 44.9 Å². The maximum absolute atomic E-state index is 12.0. The fourth-order valence-corrected chi connectivity index (χ4v) is 3.80. The first kappa shape index (κ1) is 28.6. The van der Waals surface area contributed by atoms with E-state index in [0.717, 1.165) is 28.4 Å². The van der Waals surface area contributed by atoms with Crippen molar-refractivity contribution in [2.24, 2.45) is 5.10 Å². The maximum atomic E-state index is 12.0. The molecule has 0 heterocycles. The van der Waals surface area contributed by atoms with Gasteiger partial charge in [0.2, 0.25) is 5.91 Å². The second-order valence-electron chi connectivity index (χ2n) is 8.60. The number of unbranched alkanes of at least 4 members (excludes halogenated alkanes) is 8. The maximum Gasteiger partial charge on any atom is 0.259 e. The topological polar surface area (TPSA) is 79.8 Å². The number of nitrogens with one attached hydrogen (secondary N) is 2. The molecule has 0 aliphatic carbocycles. The molecule has 0 saturated carbocycles. The van der Waals surface area contributed by atoms with Crippen LogP contribution in [-0.4, -0.2) is 24.6 Å². The highest BCUT2D eigenvalue weighted by Gasteiger charge is 2.06. The molecular formula is C28H38BrN3O3. The summed E-state index contributed by atoms with van der Waals surface area (Å²) in [5.41, 5.74) is 4.25. The molecule has 0 bridgehead atoms. The van der Waals surface area contributed by atoms with E-state index < -0.39 is 0 Å². The quantitative estimate of drug-likeness (QED) is 0.135. The third kappa shape index (κ3) is 13.1. The predicted molar refractivity (Wildman–Crippen MR) is 146 cm³/mol. The summed E-state index contributed by atoms with van der Waals surface area (Å²) >= 11 is 3.42. The lowest BCUT2D eigenvalue weighted by Gasteiger charge is -2.09. The molecule has 35 heavy (non-hydrogen) atoms. The van der Waals surface area contributed by atoms with Crippen molar-refractivity contribution in [2.75, 3.05) is 6.54 Å². The SMILES string of the molecule is CCCCCCCCCCCC(=O)NCC(=O)N/N=C\c1ccccc1OCc1ccc(Br)cc1. The summed E-state index contributed by atoms with van der Waals surface area (Å²) in [5, 5.41) is 6.66. The van der Waals surface area contributed by atoms with Crippen molar-refractivity contribution >= 4 is 34.0 Å². The van der Waals surface area contributed by atoms with Crippen molar-refractivity contribution in [3.8, 4) is 5.75 Å². The molecule has 0 aliphatic rings. The summed E-state index contributed by atoms with van der Waals surface area (Å²) in [6.45, 7) is 2.57. The summed E-state index contributed by atoms with van der Waals surface area (Å²) < 4.78 is 6.92. The van der Waals surface area contributed by atoms with Gasteiger partial charge in [0.15, 0.2) is 0 Å². The van der Waals surface area contributed by atoms with Crippen LogP contribution in [-0.2, 0) is 16.2 Å². The van der Waals surface area contributed by atoms with Gasteiger partial charge in [-0.15, -0.1) is 0 Å². The number of carbonyl (C=O) groups is 2. The first-order chi connectivity index (χ1) is 17.1. The molecule has 0 aromatic heterocycles. The Kier molecular flexibility index (Phi) is 14.5. The van der Waals surface area contributed by atoms with Gasteiger partial charge < -0.3 is 10.1 Å². The second-order valence-corrected chi connectivity index (χ2v) is 9.52. The van der Waals surface area contributed by atoms with Crippen LogP contribution in [0, 0.1) is 0 Å². The molecule has 7 heteroatoms. The van der Waals surface area contributed by atoms with E-state index in [2.05, 4.69) is 38.7 Å². The average Bonchev–Trinajstić information content (AvgIpc) is 2.87. The standard InChI is InChI=1S/C28H38BrN3O3/c1-2-3-4-5-6-7-8-9-10-15-27(33)30-21-28(34)32-31-20-24-13-11-12-14-26(24)35-22-23-16-18-25(29)19-17-23/h11-14,16-20H,2-10,15,21-22H2,1H3,(H,30,33)(H,32,34)/b31-20-. The van der Waals surface area contributed by atoms with Crippen molar-refractivity contribution < 1.29 is 14.3 Å². The van der Waals surface area contributed by atoms with E-state index in [4.69, 9.17) is 4.74 Å². The molecule has 2 N–H and O–H groups in total. The zero-order chi connectivity index (χ0) is 25.1. The zero-order valence-corrected chi connectivity index (χ0v) is 22.3. The molecule has 0 saturated heterocycles. The Balaban J connectivity index is 1.61. The fraction of sp³-hybridized carbons (Fsp3) is 0.464. The molecule has 0 fully saturated rings. The first-order valence-corrected chi connectivity index (χ1v) is 13.4. The predicted octanol–water partition coefficient (Wildman–Crippen LogP) is 6.52. The lowest BCUT2D eigenvalue weighted by atomic mass is 10.1. The third-order valence-electron chi connectivity index (χ3n) is 5.57. The van der Waals surface area contributed by atoms with Crippen molar-refractivity contribution in [3.05, 3.63) is 64.1 Å². The number of amides is 2. The van der Waals surface area contributed by atoms with Gasteiger partial charge in [-0.05, 0) is 36.2 Å². The summed E-state index contributed by atoms with van der Waals surface area (Å²) in [5.74, 6) is 0.205. The Bertz CT molecular complexity index is 916. The van der Waals surface area contributed by atoms with Gasteiger partial charge in [-0.3, -0.25) is 9.59 Å². The number of hydrogen-bond acceptors (Lipinski definition) is 4. The summed E-state index contributed by atoms with van der Waals surface area (Å²) in [4.78, 5) is 24.0. The second kappa shape index (κ2) is 17.7. The van der Waals surface area contributed by atoms with Crippen molar-refractivity contribution in [1.29, 1.82) is 0 Å². The Morgan fingerprint density at radius 3 is 2.26 bits per heavy atom. The van der Waals surface area contributed by atoms with E-state index in [1.54, 1.807) is 6.21 Å². The van der Waals surface area contributed by atoms with Crippen LogP contribution in [0.1, 0.15) is 82.3 Å². The van der Waals surface area contributed by atoms with Crippen LogP contribution >= 0.6 is 15.9 Å². The lowest BCUT2D eigenvalue weighted by Crippen LogP contribution is -2.34. The van der Waals surface area contributed by atoms with E-state index in [0.29, 0.717) is 18.8 Å². The highest BCUT2D eigenvalue weighted by Crippen LogP contribution is 2.18. The molecule has 2 rings (SSSR count). The first-order valence-electron chi connectivity index (χ1n) is 12.6. The van der Waals surface area contributed by atoms with Gasteiger partial charge in [-0.2, -0.15) is 5.10 Å². The highest BCUT2D eigenvalue weighted by atomic mass is 79.9. The van der Waals surface area contributed by atoms with E-state index in [-0.39, 0.29) is 18.4 Å². The van der Waals surface area contributed by atoms with E-state index in [1.807, 2.05) is 48.5 Å². The van der Waals surface area contributed by atoms with Gasteiger partial charge >= 0.3 is 0 Å². The molecule has 6 nitrogen and oxygen atoms in total. The number of para-hydroxylation sites is 1. The van der Waals surface area contributed by atoms with Gasteiger partial charge in [0.05, 0.1) is 12.8 Å². The minimum atomic E-state index is -0.366. The van der Waals surface area contributed by atoms with E-state index >= 15 is 0 Å². The monoisotopic (exact) mass is 543 g/mol. The number of benzene rings is 2. The lowest BCUT2D eigenvalue weighted by molar-refractivity contribution is -0.126. The number of hydrogen-bond donors (Lipinski definition) is 2. The molecule has 0 unspecified atom stereocenters. The van der Waals surface area contributed by atoms with Crippen LogP contribution in [0.2, 0.25) is 0 Å². The molecule has 0 aliphatic heterocycles. The highest BCUT2D eigenvalue weighted by molar-refractivity contribution is 9.10. The van der Waals surface area contributed by atoms with Gasteiger partial charge in [0.25, 0.3) is 5.91 Å². The van der Waals surface area contributed by atoms with Crippen LogP contribution < -0.4 is 15.5 Å². The number of halogens is 1. The average molecular weight is 545 g/mol. The van der Waals surface area contributed by atoms with Gasteiger partial charge in [-0.1, -0.05) is 98.5 Å². The summed E-state index contributed by atoms with van der Waals surface area (Å²) in [6, 6.07) is 15.4. The fourth-order valence-electron chi connectivity index (χ4n) is 3.54. The van der Waals surface area contributed by atoms with Crippen molar-refractivity contribution in [3.63, 3.8) is 0 Å². The number of hydrazone groups is 1. The van der Waals surface area contributed by atoms with Crippen LogP contribution in [0.5, 0.6) is 5.75 Å². The Morgan fingerprint density at radius 2 is 1.54 bits per heavy atom. The van der Waals surface area contributed by atoms with Crippen LogP contribution in [0.3, 0.4) is 0 Å². The smallest absolute Gasteiger partial charge is 0.259 e. The Labute approximate surface area is 218 Å². The molecule has 0 atom stereocenters. The zero-order valence-electron chi connectivity index (χ0n) is 20.7. The number of rotatable bonds is 17. The molecule has 2 aromatic carbocycles. The molecule has 0 radical (unpaired) electrons.